The lowest BCUT2D eigenvalue weighted by atomic mass is 9.94. The second-order valence-corrected chi connectivity index (χ2v) is 7.59. The van der Waals surface area contributed by atoms with Gasteiger partial charge >= 0.3 is 6.09 Å². The molecule has 9 heteroatoms. The van der Waals surface area contributed by atoms with Gasteiger partial charge in [0.25, 0.3) is 5.91 Å². The zero-order valence-electron chi connectivity index (χ0n) is 19.0. The molecular weight excluding hydrogens is 450 g/mol. The number of ether oxygens (including phenoxy) is 2. The van der Waals surface area contributed by atoms with Crippen LogP contribution in [0.2, 0.25) is 0 Å². The number of aromatic hydroxyl groups is 1. The molecule has 9 nitrogen and oxygen atoms in total. The molecule has 0 radical (unpaired) electrons. The highest BCUT2D eigenvalue weighted by molar-refractivity contribution is 5.91. The molecule has 0 fully saturated rings. The summed E-state index contributed by atoms with van der Waals surface area (Å²) in [4.78, 5) is 24.1. The highest BCUT2D eigenvalue weighted by atomic mass is 16.6. The molecule has 0 aromatic heterocycles. The monoisotopic (exact) mass is 475 g/mol. The number of phenols is 1. The van der Waals surface area contributed by atoms with Crippen LogP contribution in [-0.4, -0.2) is 35.5 Å². The summed E-state index contributed by atoms with van der Waals surface area (Å²) in [5.41, 5.74) is 3.07. The first-order valence-electron chi connectivity index (χ1n) is 10.8. The average Bonchev–Trinajstić information content (AvgIpc) is 2.88. The normalized spacial score (nSPS) is 12.6. The summed E-state index contributed by atoms with van der Waals surface area (Å²) in [6.45, 7) is 0. The molecule has 0 spiro atoms. The van der Waals surface area contributed by atoms with Crippen LogP contribution in [0, 0.1) is 11.3 Å². The number of nitrogens with one attached hydrogen (secondary N) is 2. The highest BCUT2D eigenvalue weighted by Gasteiger charge is 2.29. The third kappa shape index (κ3) is 6.57. The maximum Gasteiger partial charge on any atom is 0.412 e. The minimum Gasteiger partial charge on any atom is -0.507 e. The molecule has 0 saturated carbocycles. The van der Waals surface area contributed by atoms with Gasteiger partial charge < -0.3 is 14.6 Å². The number of carbonyl (C=O) groups excluding carboxylic acids is 2. The summed E-state index contributed by atoms with van der Waals surface area (Å²) >= 11 is 0. The predicted molar refractivity (Wildman–Crippen MR) is 129 cm³/mol. The molecule has 3 aromatic carbocycles. The van der Waals surface area contributed by atoms with Crippen LogP contribution in [0.3, 0.4) is 0 Å². The van der Waals surface area contributed by atoms with Crippen molar-refractivity contribution in [2.75, 3.05) is 12.4 Å². The summed E-state index contributed by atoms with van der Waals surface area (Å²) in [5.74, 6) is -0.560. The number of allylic oxidation sites excluding steroid dienone is 1. The molecule has 2 amide bonds. The van der Waals surface area contributed by atoms with E-state index in [1.807, 2.05) is 18.2 Å². The van der Waals surface area contributed by atoms with Crippen LogP contribution in [-0.2, 0) is 14.3 Å². The molecule has 35 heavy (non-hydrogen) atoms. The number of phenolic OH excluding ortho intramolecular Hbond substituents is 1. The maximum absolute atomic E-state index is 12.8. The second kappa shape index (κ2) is 12.2. The fourth-order valence-electron chi connectivity index (χ4n) is 3.67. The second-order valence-electron chi connectivity index (χ2n) is 7.59. The fraction of sp³-hybridized carbons (Fsp3) is 0.192. The van der Waals surface area contributed by atoms with Crippen molar-refractivity contribution in [1.82, 2.24) is 5.48 Å². The number of nitriles is 1. The molecule has 0 aliphatic heterocycles. The largest absolute Gasteiger partial charge is 0.507 e. The van der Waals surface area contributed by atoms with Crippen LogP contribution in [0.15, 0.2) is 72.8 Å². The van der Waals surface area contributed by atoms with E-state index in [2.05, 4.69) is 5.32 Å². The number of nitrogens with zero attached hydrogens (tertiary/aromatic N) is 1. The Labute approximate surface area is 202 Å². The standard InChI is InChI=1S/C26H25N3O6/c1-34-23(8-4-5-9-24(31)29-33)25(21-14-15-22(30)20-7-3-2-6-19(20)21)35-26(32)28-18-12-10-17(16-27)11-13-18/h2-3,5-7,9-15,23,25,30,33H,4,8H2,1H3,(H,28,32)(H,29,31)/b9-5+/t23-,25-/m0/s1. The SMILES string of the molecule is CO[C@@H](CC/C=C/C(=O)NO)[C@@H](OC(=O)Nc1ccc(C#N)cc1)c1ccc(O)c2ccccc12. The smallest absolute Gasteiger partial charge is 0.412 e. The Balaban J connectivity index is 1.89. The number of fused-ring (bicyclic) bond motifs is 1. The van der Waals surface area contributed by atoms with Gasteiger partial charge in [-0.15, -0.1) is 0 Å². The van der Waals surface area contributed by atoms with Crippen molar-refractivity contribution in [1.29, 1.82) is 5.26 Å². The lowest BCUT2D eigenvalue weighted by molar-refractivity contribution is -0.124. The highest BCUT2D eigenvalue weighted by Crippen LogP contribution is 2.36. The molecule has 180 valence electrons. The quantitative estimate of drug-likeness (QED) is 0.202. The Hall–Kier alpha value is -4.39. The molecule has 2 atom stereocenters. The summed E-state index contributed by atoms with van der Waals surface area (Å²) in [5, 5.41) is 31.8. The average molecular weight is 476 g/mol. The van der Waals surface area contributed by atoms with E-state index < -0.39 is 24.2 Å². The first kappa shape index (κ1) is 25.2. The van der Waals surface area contributed by atoms with E-state index in [1.54, 1.807) is 48.5 Å². The molecule has 0 heterocycles. The summed E-state index contributed by atoms with van der Waals surface area (Å²) in [6.07, 6.45) is 1.36. The summed E-state index contributed by atoms with van der Waals surface area (Å²) in [6, 6.07) is 18.8. The predicted octanol–water partition coefficient (Wildman–Crippen LogP) is 4.56. The van der Waals surface area contributed by atoms with Gasteiger partial charge in [0.05, 0.1) is 17.7 Å². The van der Waals surface area contributed by atoms with Crippen LogP contribution in [0.1, 0.15) is 30.1 Å². The Morgan fingerprint density at radius 2 is 1.80 bits per heavy atom. The van der Waals surface area contributed by atoms with E-state index in [0.717, 1.165) is 0 Å². The molecule has 0 unspecified atom stereocenters. The Morgan fingerprint density at radius 3 is 2.46 bits per heavy atom. The number of hydrogen-bond acceptors (Lipinski definition) is 7. The minimum absolute atomic E-state index is 0.0945. The van der Waals surface area contributed by atoms with Crippen molar-refractivity contribution in [2.24, 2.45) is 0 Å². The number of anilines is 1. The van der Waals surface area contributed by atoms with Gasteiger partial charge in [-0.2, -0.15) is 5.26 Å². The van der Waals surface area contributed by atoms with E-state index in [0.29, 0.717) is 40.4 Å². The van der Waals surface area contributed by atoms with E-state index in [9.17, 15) is 14.7 Å². The van der Waals surface area contributed by atoms with Crippen molar-refractivity contribution in [2.45, 2.75) is 25.0 Å². The third-order valence-electron chi connectivity index (χ3n) is 5.37. The van der Waals surface area contributed by atoms with Crippen molar-refractivity contribution in [3.63, 3.8) is 0 Å². The zero-order chi connectivity index (χ0) is 25.2. The maximum atomic E-state index is 12.8. The number of carbonyl (C=O) groups is 2. The minimum atomic E-state index is -0.857. The van der Waals surface area contributed by atoms with Crippen LogP contribution in [0.4, 0.5) is 10.5 Å². The fourth-order valence-corrected chi connectivity index (χ4v) is 3.67. The van der Waals surface area contributed by atoms with Crippen molar-refractivity contribution in [3.05, 3.63) is 83.9 Å². The Morgan fingerprint density at radius 1 is 1.09 bits per heavy atom. The van der Waals surface area contributed by atoms with Crippen molar-refractivity contribution < 1.29 is 29.4 Å². The molecule has 0 bridgehead atoms. The number of hydrogen-bond donors (Lipinski definition) is 4. The Kier molecular flexibility index (Phi) is 8.78. The van der Waals surface area contributed by atoms with E-state index in [4.69, 9.17) is 19.9 Å². The van der Waals surface area contributed by atoms with Gasteiger partial charge in [-0.3, -0.25) is 15.3 Å². The van der Waals surface area contributed by atoms with Gasteiger partial charge in [0.15, 0.2) is 6.10 Å². The van der Waals surface area contributed by atoms with Crippen molar-refractivity contribution in [3.8, 4) is 11.8 Å². The van der Waals surface area contributed by atoms with Crippen LogP contribution in [0.5, 0.6) is 5.75 Å². The molecule has 0 aliphatic carbocycles. The number of benzene rings is 3. The lowest BCUT2D eigenvalue weighted by Gasteiger charge is -2.27. The molecule has 0 saturated heterocycles. The van der Waals surface area contributed by atoms with Gasteiger partial charge in [-0.25, -0.2) is 10.3 Å². The number of methoxy groups -OCH3 is 1. The van der Waals surface area contributed by atoms with Crippen LogP contribution < -0.4 is 10.8 Å². The topological polar surface area (TPSA) is 141 Å². The van der Waals surface area contributed by atoms with Gasteiger partial charge in [-0.05, 0) is 48.6 Å². The summed E-state index contributed by atoms with van der Waals surface area (Å²) in [7, 11) is 1.49. The molecule has 0 aliphatic rings. The number of rotatable bonds is 9. The van der Waals surface area contributed by atoms with Crippen molar-refractivity contribution >= 4 is 28.5 Å². The van der Waals surface area contributed by atoms with E-state index >= 15 is 0 Å². The van der Waals surface area contributed by atoms with Gasteiger partial charge in [-0.1, -0.05) is 36.4 Å². The first-order chi connectivity index (χ1) is 17.0. The van der Waals surface area contributed by atoms with Gasteiger partial charge in [0.2, 0.25) is 0 Å². The van der Waals surface area contributed by atoms with Gasteiger partial charge in [0, 0.05) is 29.8 Å². The molecular formula is C26H25N3O6. The summed E-state index contributed by atoms with van der Waals surface area (Å²) < 4.78 is 11.5. The molecule has 3 rings (SSSR count). The molecule has 4 N–H and O–H groups in total. The number of hydroxylamine groups is 1. The zero-order valence-corrected chi connectivity index (χ0v) is 19.0. The van der Waals surface area contributed by atoms with Gasteiger partial charge in [0.1, 0.15) is 5.75 Å². The number of amides is 2. The van der Waals surface area contributed by atoms with Crippen LogP contribution >= 0.6 is 0 Å². The van der Waals surface area contributed by atoms with Crippen LogP contribution in [0.25, 0.3) is 10.8 Å². The van der Waals surface area contributed by atoms with E-state index in [-0.39, 0.29) is 5.75 Å². The lowest BCUT2D eigenvalue weighted by Crippen LogP contribution is -2.28. The first-order valence-corrected chi connectivity index (χ1v) is 10.8. The molecule has 3 aromatic rings. The third-order valence-corrected chi connectivity index (χ3v) is 5.37. The Bertz CT molecular complexity index is 1250. The van der Waals surface area contributed by atoms with E-state index in [1.165, 1.54) is 24.7 Å².